The molecule has 0 aliphatic carbocycles. The minimum atomic E-state index is -0.990. The van der Waals surface area contributed by atoms with Gasteiger partial charge in [0, 0.05) is 22.2 Å². The fraction of sp³-hybridized carbons (Fsp3) is 0.538. The third kappa shape index (κ3) is 4.47. The van der Waals surface area contributed by atoms with Gasteiger partial charge in [-0.1, -0.05) is 43.1 Å². The third-order valence-corrected chi connectivity index (χ3v) is 3.08. The van der Waals surface area contributed by atoms with E-state index in [0.29, 0.717) is 28.1 Å². The van der Waals surface area contributed by atoms with E-state index >= 15 is 0 Å². The monoisotopic (exact) mass is 275 g/mol. The molecule has 2 nitrogen and oxygen atoms in total. The first kappa shape index (κ1) is 14.8. The number of hydrogen-bond acceptors (Lipinski definition) is 2. The normalized spacial score (nSPS) is 15.0. The fourth-order valence-corrected chi connectivity index (χ4v) is 2.24. The maximum Gasteiger partial charge on any atom is 0.101 e. The zero-order chi connectivity index (χ0) is 13.1. The summed E-state index contributed by atoms with van der Waals surface area (Å²) < 4.78 is 0. The largest absolute Gasteiger partial charge is 0.384 e. The lowest BCUT2D eigenvalue weighted by Crippen LogP contribution is -2.37. The molecular weight excluding hydrogens is 257 g/mol. The lowest BCUT2D eigenvalue weighted by molar-refractivity contribution is 0.0565. The van der Waals surface area contributed by atoms with E-state index in [1.54, 1.807) is 25.1 Å². The summed E-state index contributed by atoms with van der Waals surface area (Å²) in [6.45, 7) is 7.32. The van der Waals surface area contributed by atoms with Crippen LogP contribution in [0.3, 0.4) is 0 Å². The average molecular weight is 276 g/mol. The van der Waals surface area contributed by atoms with Gasteiger partial charge in [0.25, 0.3) is 0 Å². The van der Waals surface area contributed by atoms with Crippen LogP contribution in [0.5, 0.6) is 0 Å². The molecule has 0 spiro atoms. The Bertz CT molecular complexity index is 378. The van der Waals surface area contributed by atoms with E-state index in [2.05, 4.69) is 19.2 Å². The third-order valence-electron chi connectivity index (χ3n) is 2.53. The molecule has 96 valence electrons. The summed E-state index contributed by atoms with van der Waals surface area (Å²) >= 11 is 11.9. The van der Waals surface area contributed by atoms with Gasteiger partial charge in [0.2, 0.25) is 0 Å². The van der Waals surface area contributed by atoms with Crippen LogP contribution in [-0.4, -0.2) is 18.2 Å². The van der Waals surface area contributed by atoms with Crippen LogP contribution in [0.15, 0.2) is 18.2 Å². The quantitative estimate of drug-likeness (QED) is 0.863. The molecule has 0 saturated heterocycles. The van der Waals surface area contributed by atoms with Crippen LogP contribution in [0.2, 0.25) is 10.0 Å². The highest BCUT2D eigenvalue weighted by Gasteiger charge is 2.25. The van der Waals surface area contributed by atoms with Crippen molar-refractivity contribution in [2.75, 3.05) is 13.1 Å². The molecule has 0 aromatic heterocycles. The van der Waals surface area contributed by atoms with Crippen LogP contribution in [0.25, 0.3) is 0 Å². The predicted octanol–water partition coefficient (Wildman–Crippen LogP) is 3.45. The van der Waals surface area contributed by atoms with Gasteiger partial charge < -0.3 is 10.4 Å². The average Bonchev–Trinajstić information content (AvgIpc) is 2.15. The molecule has 1 unspecified atom stereocenters. The Morgan fingerprint density at radius 2 is 2.00 bits per heavy atom. The van der Waals surface area contributed by atoms with Crippen LogP contribution in [0.4, 0.5) is 0 Å². The fourth-order valence-electron chi connectivity index (χ4n) is 1.63. The SMILES string of the molecule is CC(C)CNCC(C)(O)c1ccc(Cl)cc1Cl. The van der Waals surface area contributed by atoms with E-state index in [-0.39, 0.29) is 0 Å². The van der Waals surface area contributed by atoms with Crippen LogP contribution >= 0.6 is 23.2 Å². The Kier molecular flexibility index (Phi) is 5.26. The molecule has 4 heteroatoms. The van der Waals surface area contributed by atoms with Crippen molar-refractivity contribution in [2.24, 2.45) is 5.92 Å². The van der Waals surface area contributed by atoms with Gasteiger partial charge in [-0.25, -0.2) is 0 Å². The van der Waals surface area contributed by atoms with E-state index in [1.165, 1.54) is 0 Å². The Labute approximate surface area is 113 Å². The first-order chi connectivity index (χ1) is 7.83. The minimum absolute atomic E-state index is 0.465. The highest BCUT2D eigenvalue weighted by Crippen LogP contribution is 2.29. The molecule has 0 fully saturated rings. The smallest absolute Gasteiger partial charge is 0.101 e. The van der Waals surface area contributed by atoms with E-state index in [1.807, 2.05) is 0 Å². The van der Waals surface area contributed by atoms with E-state index in [0.717, 1.165) is 6.54 Å². The van der Waals surface area contributed by atoms with Crippen LogP contribution < -0.4 is 5.32 Å². The standard InChI is InChI=1S/C13H19Cl2NO/c1-9(2)7-16-8-13(3,17)11-5-4-10(14)6-12(11)15/h4-6,9,16-17H,7-8H2,1-3H3. The van der Waals surface area contributed by atoms with Crippen molar-refractivity contribution < 1.29 is 5.11 Å². The zero-order valence-corrected chi connectivity index (χ0v) is 11.9. The summed E-state index contributed by atoms with van der Waals surface area (Å²) in [6.07, 6.45) is 0. The van der Waals surface area contributed by atoms with Gasteiger partial charge in [-0.15, -0.1) is 0 Å². The van der Waals surface area contributed by atoms with Gasteiger partial charge in [-0.05, 0) is 31.5 Å². The lowest BCUT2D eigenvalue weighted by Gasteiger charge is -2.26. The van der Waals surface area contributed by atoms with Crippen LogP contribution in [0.1, 0.15) is 26.3 Å². The number of halogens is 2. The second-order valence-electron chi connectivity index (χ2n) is 4.92. The first-order valence-corrected chi connectivity index (χ1v) is 6.47. The maximum atomic E-state index is 10.4. The second-order valence-corrected chi connectivity index (χ2v) is 5.77. The van der Waals surface area contributed by atoms with Crippen LogP contribution in [0, 0.1) is 5.92 Å². The van der Waals surface area contributed by atoms with Gasteiger partial charge in [0.05, 0.1) is 0 Å². The topological polar surface area (TPSA) is 32.3 Å². The summed E-state index contributed by atoms with van der Waals surface area (Å²) in [5.41, 5.74) is -0.295. The molecule has 0 radical (unpaired) electrons. The van der Waals surface area contributed by atoms with Crippen molar-refractivity contribution in [3.05, 3.63) is 33.8 Å². The van der Waals surface area contributed by atoms with Crippen molar-refractivity contribution in [3.63, 3.8) is 0 Å². The molecule has 0 amide bonds. The van der Waals surface area contributed by atoms with Gasteiger partial charge in [0.15, 0.2) is 0 Å². The summed E-state index contributed by atoms with van der Waals surface area (Å²) in [5.74, 6) is 0.548. The van der Waals surface area contributed by atoms with Crippen molar-refractivity contribution in [1.29, 1.82) is 0 Å². The molecule has 0 aliphatic heterocycles. The number of aliphatic hydroxyl groups is 1. The number of benzene rings is 1. The Morgan fingerprint density at radius 1 is 1.35 bits per heavy atom. The first-order valence-electron chi connectivity index (χ1n) is 5.71. The highest BCUT2D eigenvalue weighted by atomic mass is 35.5. The van der Waals surface area contributed by atoms with Gasteiger partial charge in [-0.2, -0.15) is 0 Å². The molecule has 0 bridgehead atoms. The highest BCUT2D eigenvalue weighted by molar-refractivity contribution is 6.35. The molecule has 2 N–H and O–H groups in total. The number of hydrogen-bond donors (Lipinski definition) is 2. The van der Waals surface area contributed by atoms with Crippen molar-refractivity contribution in [3.8, 4) is 0 Å². The molecule has 0 heterocycles. The summed E-state index contributed by atoms with van der Waals surface area (Å²) in [4.78, 5) is 0. The molecular formula is C13H19Cl2NO. The van der Waals surface area contributed by atoms with Gasteiger partial charge in [-0.3, -0.25) is 0 Å². The molecule has 0 saturated carbocycles. The maximum absolute atomic E-state index is 10.4. The second kappa shape index (κ2) is 6.05. The lowest BCUT2D eigenvalue weighted by atomic mass is 9.96. The van der Waals surface area contributed by atoms with Crippen molar-refractivity contribution in [1.82, 2.24) is 5.32 Å². The van der Waals surface area contributed by atoms with Crippen molar-refractivity contribution in [2.45, 2.75) is 26.4 Å². The molecule has 1 aromatic carbocycles. The summed E-state index contributed by atoms with van der Waals surface area (Å²) in [7, 11) is 0. The summed E-state index contributed by atoms with van der Waals surface area (Å²) in [6, 6.07) is 5.15. The van der Waals surface area contributed by atoms with E-state index < -0.39 is 5.60 Å². The van der Waals surface area contributed by atoms with Gasteiger partial charge >= 0.3 is 0 Å². The Hall–Kier alpha value is -0.280. The van der Waals surface area contributed by atoms with Crippen LogP contribution in [-0.2, 0) is 5.60 Å². The Balaban J connectivity index is 2.74. The predicted molar refractivity (Wildman–Crippen MR) is 73.7 cm³/mol. The van der Waals surface area contributed by atoms with E-state index in [4.69, 9.17) is 23.2 Å². The number of rotatable bonds is 5. The number of nitrogens with one attached hydrogen (secondary N) is 1. The van der Waals surface area contributed by atoms with Gasteiger partial charge in [0.1, 0.15) is 5.60 Å². The zero-order valence-electron chi connectivity index (χ0n) is 10.4. The van der Waals surface area contributed by atoms with E-state index in [9.17, 15) is 5.11 Å². The minimum Gasteiger partial charge on any atom is -0.384 e. The Morgan fingerprint density at radius 3 is 2.53 bits per heavy atom. The van der Waals surface area contributed by atoms with Crippen molar-refractivity contribution >= 4 is 23.2 Å². The molecule has 1 atom stereocenters. The molecule has 17 heavy (non-hydrogen) atoms. The molecule has 1 rings (SSSR count). The molecule has 0 aliphatic rings. The summed E-state index contributed by atoms with van der Waals surface area (Å²) in [5, 5.41) is 14.7. The molecule has 1 aromatic rings.